The molecule has 4 rings (SSSR count). The average Bonchev–Trinajstić information content (AvgIpc) is 2.90. The molecule has 142 valence electrons. The summed E-state index contributed by atoms with van der Waals surface area (Å²) in [6.07, 6.45) is 3.35. The highest BCUT2D eigenvalue weighted by Crippen LogP contribution is 2.51. The van der Waals surface area contributed by atoms with Crippen molar-refractivity contribution in [1.82, 2.24) is 0 Å². The molecule has 6 heteroatoms. The number of esters is 1. The van der Waals surface area contributed by atoms with Crippen LogP contribution in [0.2, 0.25) is 0 Å². The molecule has 0 aliphatic carbocycles. The highest BCUT2D eigenvalue weighted by Gasteiger charge is 2.56. The van der Waals surface area contributed by atoms with E-state index >= 15 is 0 Å². The molecule has 2 aliphatic heterocycles. The van der Waals surface area contributed by atoms with E-state index in [1.807, 2.05) is 30.3 Å². The second-order valence-electron chi connectivity index (χ2n) is 6.66. The van der Waals surface area contributed by atoms with Crippen molar-refractivity contribution in [3.8, 4) is 5.75 Å². The molecule has 0 saturated carbocycles. The van der Waals surface area contributed by atoms with Gasteiger partial charge in [-0.2, -0.15) is 0 Å². The third-order valence-electron chi connectivity index (χ3n) is 5.06. The topological polar surface area (TPSA) is 55.8 Å². The summed E-state index contributed by atoms with van der Waals surface area (Å²) in [6, 6.07) is 13.0. The second kappa shape index (κ2) is 6.95. The maximum atomic E-state index is 13.5. The normalized spacial score (nSPS) is 20.6. The van der Waals surface area contributed by atoms with Crippen LogP contribution in [0.15, 0.2) is 65.7 Å². The third-order valence-corrected chi connectivity index (χ3v) is 5.75. The van der Waals surface area contributed by atoms with Crippen LogP contribution < -0.4 is 9.64 Å². The van der Waals surface area contributed by atoms with Gasteiger partial charge in [0.05, 0.1) is 12.8 Å². The van der Waals surface area contributed by atoms with E-state index in [1.54, 1.807) is 30.2 Å². The molecular weight excluding hydrogens is 422 g/mol. The summed E-state index contributed by atoms with van der Waals surface area (Å²) in [6.45, 7) is 4.07. The Hall–Kier alpha value is -2.86. The first kappa shape index (κ1) is 18.5. The first-order valence-electron chi connectivity index (χ1n) is 8.80. The summed E-state index contributed by atoms with van der Waals surface area (Å²) in [5.74, 6) is -0.222. The number of methoxy groups -OCH3 is 1. The van der Waals surface area contributed by atoms with Gasteiger partial charge in [-0.1, -0.05) is 40.2 Å². The maximum absolute atomic E-state index is 13.5. The van der Waals surface area contributed by atoms with Crippen molar-refractivity contribution in [3.05, 3.63) is 76.8 Å². The van der Waals surface area contributed by atoms with Crippen LogP contribution in [0.4, 0.5) is 5.69 Å². The molecule has 28 heavy (non-hydrogen) atoms. The Bertz CT molecular complexity index is 1030. The second-order valence-corrected chi connectivity index (χ2v) is 7.52. The van der Waals surface area contributed by atoms with Crippen LogP contribution in [0.5, 0.6) is 5.75 Å². The van der Waals surface area contributed by atoms with E-state index in [2.05, 4.69) is 22.5 Å². The lowest BCUT2D eigenvalue weighted by Crippen LogP contribution is -2.45. The van der Waals surface area contributed by atoms with Gasteiger partial charge in [-0.05, 0) is 35.4 Å². The van der Waals surface area contributed by atoms with Crippen molar-refractivity contribution in [1.29, 1.82) is 0 Å². The van der Waals surface area contributed by atoms with Gasteiger partial charge in [-0.3, -0.25) is 4.79 Å². The van der Waals surface area contributed by atoms with Crippen molar-refractivity contribution in [2.75, 3.05) is 18.6 Å². The van der Waals surface area contributed by atoms with Gasteiger partial charge in [-0.15, -0.1) is 6.58 Å². The number of nitrogens with zero attached hydrogens (tertiary/aromatic N) is 1. The summed E-state index contributed by atoms with van der Waals surface area (Å²) in [7, 11) is 1.56. The van der Waals surface area contributed by atoms with E-state index in [0.717, 1.165) is 15.6 Å². The summed E-state index contributed by atoms with van der Waals surface area (Å²) in [5, 5.41) is 0. The quantitative estimate of drug-likeness (QED) is 0.528. The number of carbonyl (C=O) groups excluding carboxylic acids is 2. The minimum Gasteiger partial charge on any atom is -0.497 e. The van der Waals surface area contributed by atoms with Crippen LogP contribution in [0.1, 0.15) is 17.5 Å². The highest BCUT2D eigenvalue weighted by molar-refractivity contribution is 9.10. The Balaban J connectivity index is 1.88. The first-order valence-corrected chi connectivity index (χ1v) is 9.59. The van der Waals surface area contributed by atoms with Crippen LogP contribution in [-0.4, -0.2) is 25.5 Å². The zero-order valence-electron chi connectivity index (χ0n) is 15.3. The van der Waals surface area contributed by atoms with Crippen LogP contribution in [0.3, 0.4) is 0 Å². The molecule has 2 aliphatic rings. The number of rotatable bonds is 4. The number of benzene rings is 2. The molecule has 0 aromatic heterocycles. The van der Waals surface area contributed by atoms with Crippen LogP contribution in [0, 0.1) is 0 Å². The molecule has 1 atom stereocenters. The number of carbonyl (C=O) groups is 2. The summed E-state index contributed by atoms with van der Waals surface area (Å²) in [5.41, 5.74) is 1.52. The van der Waals surface area contributed by atoms with Crippen LogP contribution in [0.25, 0.3) is 5.57 Å². The molecule has 2 aromatic carbocycles. The van der Waals surface area contributed by atoms with Gasteiger partial charge in [-0.25, -0.2) is 4.79 Å². The van der Waals surface area contributed by atoms with Crippen molar-refractivity contribution in [2.24, 2.45) is 0 Å². The smallest absolute Gasteiger partial charge is 0.332 e. The molecule has 0 radical (unpaired) electrons. The molecule has 2 heterocycles. The van der Waals surface area contributed by atoms with Crippen molar-refractivity contribution in [3.63, 3.8) is 0 Å². The average molecular weight is 440 g/mol. The number of hydrogen-bond acceptors (Lipinski definition) is 4. The fourth-order valence-electron chi connectivity index (χ4n) is 3.82. The summed E-state index contributed by atoms with van der Waals surface area (Å²) >= 11 is 3.53. The zero-order valence-corrected chi connectivity index (χ0v) is 16.9. The fraction of sp³-hybridized carbons (Fsp3) is 0.182. The van der Waals surface area contributed by atoms with Gasteiger partial charge in [0.1, 0.15) is 5.75 Å². The van der Waals surface area contributed by atoms with Gasteiger partial charge in [0.25, 0.3) is 5.91 Å². The Morgan fingerprint density at radius 3 is 2.79 bits per heavy atom. The van der Waals surface area contributed by atoms with E-state index in [0.29, 0.717) is 23.5 Å². The SMILES string of the molecule is C=CCN1C(=O)[C@]2(CC(c3ccccc3Br)=CC(=O)O2)c2cc(OC)ccc21. The Labute approximate surface area is 171 Å². The number of anilines is 1. The van der Waals surface area contributed by atoms with Crippen LogP contribution >= 0.6 is 15.9 Å². The van der Waals surface area contributed by atoms with Gasteiger partial charge in [0.2, 0.25) is 5.60 Å². The van der Waals surface area contributed by atoms with Gasteiger partial charge in [0.15, 0.2) is 0 Å². The molecule has 1 spiro atoms. The molecule has 0 fully saturated rings. The Morgan fingerprint density at radius 1 is 1.29 bits per heavy atom. The van der Waals surface area contributed by atoms with Crippen molar-refractivity contribution < 1.29 is 19.1 Å². The van der Waals surface area contributed by atoms with Gasteiger partial charge in [0, 0.05) is 29.1 Å². The molecule has 2 aromatic rings. The lowest BCUT2D eigenvalue weighted by molar-refractivity contribution is -0.163. The summed E-state index contributed by atoms with van der Waals surface area (Å²) < 4.78 is 11.9. The van der Waals surface area contributed by atoms with E-state index in [-0.39, 0.29) is 12.3 Å². The van der Waals surface area contributed by atoms with E-state index < -0.39 is 11.6 Å². The minimum atomic E-state index is -1.41. The molecule has 0 unspecified atom stereocenters. The zero-order chi connectivity index (χ0) is 19.9. The lowest BCUT2D eigenvalue weighted by atomic mass is 9.83. The molecule has 1 amide bonds. The molecule has 0 bridgehead atoms. The Kier molecular flexibility index (Phi) is 4.59. The lowest BCUT2D eigenvalue weighted by Gasteiger charge is -2.32. The van der Waals surface area contributed by atoms with E-state index in [4.69, 9.17) is 9.47 Å². The van der Waals surface area contributed by atoms with Gasteiger partial charge < -0.3 is 14.4 Å². The third kappa shape index (κ3) is 2.76. The first-order chi connectivity index (χ1) is 13.5. The number of halogens is 1. The number of hydrogen-bond donors (Lipinski definition) is 0. The molecule has 5 nitrogen and oxygen atoms in total. The number of ether oxygens (including phenoxy) is 2. The largest absolute Gasteiger partial charge is 0.497 e. The van der Waals surface area contributed by atoms with Crippen molar-refractivity contribution >= 4 is 39.1 Å². The molecular formula is C22H18BrNO4. The van der Waals surface area contributed by atoms with Crippen molar-refractivity contribution in [2.45, 2.75) is 12.0 Å². The summed E-state index contributed by atoms with van der Waals surface area (Å²) in [4.78, 5) is 27.6. The minimum absolute atomic E-state index is 0.244. The predicted octanol–water partition coefficient (Wildman–Crippen LogP) is 4.22. The van der Waals surface area contributed by atoms with E-state index in [1.165, 1.54) is 6.08 Å². The number of fused-ring (bicyclic) bond motifs is 2. The highest BCUT2D eigenvalue weighted by atomic mass is 79.9. The van der Waals surface area contributed by atoms with E-state index in [9.17, 15) is 9.59 Å². The van der Waals surface area contributed by atoms with Gasteiger partial charge >= 0.3 is 5.97 Å². The monoisotopic (exact) mass is 439 g/mol. The Morgan fingerprint density at radius 2 is 2.07 bits per heavy atom. The standard InChI is InChI=1S/C22H18BrNO4/c1-3-10-24-19-9-8-15(27-2)12-17(19)22(21(24)26)13-14(11-20(25)28-22)16-6-4-5-7-18(16)23/h3-9,11-12H,1,10,13H2,2H3/t22-/m0/s1. The van der Waals surface area contributed by atoms with Crippen LogP contribution in [-0.2, 0) is 19.9 Å². The fourth-order valence-corrected chi connectivity index (χ4v) is 4.36. The predicted molar refractivity (Wildman–Crippen MR) is 110 cm³/mol. The molecule has 0 saturated heterocycles. The number of amides is 1. The maximum Gasteiger partial charge on any atom is 0.332 e. The molecule has 0 N–H and O–H groups in total.